The van der Waals surface area contributed by atoms with Crippen LogP contribution < -0.4 is 15.0 Å². The van der Waals surface area contributed by atoms with Gasteiger partial charge in [0, 0.05) is 35.2 Å². The molecule has 2 aromatic rings. The van der Waals surface area contributed by atoms with E-state index in [1.54, 1.807) is 13.0 Å². The summed E-state index contributed by atoms with van der Waals surface area (Å²) in [6, 6.07) is 11.2. The van der Waals surface area contributed by atoms with Gasteiger partial charge in [0.15, 0.2) is 0 Å². The number of benzene rings is 2. The molecular formula is C34H50N2O7S2. The molecule has 9 nitrogen and oxygen atoms in total. The summed E-state index contributed by atoms with van der Waals surface area (Å²) in [6.45, 7) is 9.33. The minimum atomic E-state index is -3.24. The molecule has 250 valence electrons. The number of unbranched alkanes of at least 4 members (excludes halogenated alkanes) is 3. The molecule has 0 saturated carbocycles. The number of hydrogen-bond donors (Lipinski definition) is 3. The van der Waals surface area contributed by atoms with Gasteiger partial charge in [-0.05, 0) is 62.8 Å². The smallest absolute Gasteiger partial charge is 0.411 e. The molecule has 0 aromatic heterocycles. The lowest BCUT2D eigenvalue weighted by molar-refractivity contribution is -0.137. The average molecular weight is 663 g/mol. The minimum absolute atomic E-state index is 0.253. The van der Waals surface area contributed by atoms with E-state index >= 15 is 0 Å². The first-order valence-electron chi connectivity index (χ1n) is 15.9. The van der Waals surface area contributed by atoms with Crippen molar-refractivity contribution in [1.82, 2.24) is 0 Å². The van der Waals surface area contributed by atoms with Crippen LogP contribution in [-0.4, -0.2) is 52.9 Å². The van der Waals surface area contributed by atoms with E-state index in [2.05, 4.69) is 24.1 Å². The van der Waals surface area contributed by atoms with Crippen LogP contribution in [0, 0.1) is 5.41 Å². The Kier molecular flexibility index (Phi) is 14.4. The number of nitrogens with one attached hydrogen (secondary N) is 1. The lowest BCUT2D eigenvalue weighted by Gasteiger charge is -2.42. The van der Waals surface area contributed by atoms with E-state index in [4.69, 9.17) is 14.2 Å². The van der Waals surface area contributed by atoms with Crippen molar-refractivity contribution in [3.63, 3.8) is 0 Å². The van der Waals surface area contributed by atoms with E-state index in [0.29, 0.717) is 35.2 Å². The van der Waals surface area contributed by atoms with Crippen molar-refractivity contribution in [2.75, 3.05) is 42.0 Å². The largest absolute Gasteiger partial charge is 0.463 e. The predicted molar refractivity (Wildman–Crippen MR) is 185 cm³/mol. The maximum Gasteiger partial charge on any atom is 0.411 e. The SMILES string of the molecule is CCCCOC(=O)Nc1ccc(N2CC(CCCC)(CCCC)CS(O)(O)c3cc(O/C=C/C(=O)OCC)c(SC)cc32)cc1. The fraction of sp³-hybridized carbons (Fsp3) is 0.529. The molecule has 1 heterocycles. The number of carbonyl (C=O) groups is 2. The summed E-state index contributed by atoms with van der Waals surface area (Å²) in [5.74, 6) is 0.165. The zero-order chi connectivity index (χ0) is 32.9. The lowest BCUT2D eigenvalue weighted by atomic mass is 9.79. The third-order valence-corrected chi connectivity index (χ3v) is 10.7. The van der Waals surface area contributed by atoms with Crippen molar-refractivity contribution in [3.8, 4) is 5.75 Å². The van der Waals surface area contributed by atoms with Gasteiger partial charge in [-0.2, -0.15) is 10.6 Å². The Morgan fingerprint density at radius 3 is 2.27 bits per heavy atom. The highest BCUT2D eigenvalue weighted by atomic mass is 32.3. The summed E-state index contributed by atoms with van der Waals surface area (Å²) in [6.07, 6.45) is 11.4. The second kappa shape index (κ2) is 17.7. The Morgan fingerprint density at radius 1 is 1.00 bits per heavy atom. The van der Waals surface area contributed by atoms with E-state index in [9.17, 15) is 18.7 Å². The molecule has 0 spiro atoms. The first kappa shape index (κ1) is 36.6. The topological polar surface area (TPSA) is 118 Å². The normalized spacial score (nSPS) is 16.0. The molecule has 0 radical (unpaired) electrons. The maximum absolute atomic E-state index is 12.2. The van der Waals surface area contributed by atoms with Gasteiger partial charge in [-0.1, -0.05) is 52.9 Å². The molecule has 0 unspecified atom stereocenters. The fourth-order valence-corrected chi connectivity index (χ4v) is 8.26. The van der Waals surface area contributed by atoms with Crippen molar-refractivity contribution in [3.05, 3.63) is 48.7 Å². The highest BCUT2D eigenvalue weighted by Crippen LogP contribution is 2.62. The number of esters is 1. The summed E-state index contributed by atoms with van der Waals surface area (Å²) >= 11 is 1.47. The van der Waals surface area contributed by atoms with E-state index < -0.39 is 22.7 Å². The number of hydrogen-bond acceptors (Lipinski definition) is 9. The van der Waals surface area contributed by atoms with Crippen molar-refractivity contribution in [1.29, 1.82) is 0 Å². The minimum Gasteiger partial charge on any atom is -0.463 e. The zero-order valence-electron chi connectivity index (χ0n) is 27.3. The van der Waals surface area contributed by atoms with Crippen molar-refractivity contribution in [2.45, 2.75) is 88.9 Å². The van der Waals surface area contributed by atoms with Crippen LogP contribution in [0.5, 0.6) is 5.75 Å². The molecule has 0 atom stereocenters. The highest BCUT2D eigenvalue weighted by Gasteiger charge is 2.42. The van der Waals surface area contributed by atoms with Gasteiger partial charge in [-0.3, -0.25) is 14.4 Å². The van der Waals surface area contributed by atoms with Crippen LogP contribution in [0.25, 0.3) is 0 Å². The van der Waals surface area contributed by atoms with Crippen LogP contribution in [0.2, 0.25) is 0 Å². The third-order valence-electron chi connectivity index (χ3n) is 7.85. The second-order valence-corrected chi connectivity index (χ2v) is 14.3. The number of rotatable bonds is 16. The lowest BCUT2D eigenvalue weighted by Crippen LogP contribution is -2.37. The summed E-state index contributed by atoms with van der Waals surface area (Å²) < 4.78 is 39.9. The van der Waals surface area contributed by atoms with Crippen LogP contribution in [0.1, 0.15) is 79.1 Å². The van der Waals surface area contributed by atoms with Gasteiger partial charge in [0.2, 0.25) is 0 Å². The summed E-state index contributed by atoms with van der Waals surface area (Å²) in [4.78, 5) is 27.5. The molecule has 0 saturated heterocycles. The number of ether oxygens (including phenoxy) is 3. The molecular weight excluding hydrogens is 613 g/mol. The Balaban J connectivity index is 2.09. The van der Waals surface area contributed by atoms with Crippen LogP contribution in [0.15, 0.2) is 58.5 Å². The molecule has 0 aliphatic carbocycles. The molecule has 0 fully saturated rings. The Morgan fingerprint density at radius 2 is 1.67 bits per heavy atom. The summed E-state index contributed by atoms with van der Waals surface area (Å²) in [5.41, 5.74) is 1.85. The van der Waals surface area contributed by atoms with Gasteiger partial charge < -0.3 is 19.1 Å². The van der Waals surface area contributed by atoms with Gasteiger partial charge >= 0.3 is 12.1 Å². The van der Waals surface area contributed by atoms with E-state index in [-0.39, 0.29) is 17.8 Å². The van der Waals surface area contributed by atoms with Gasteiger partial charge in [0.25, 0.3) is 0 Å². The standard InChI is InChI=1S/C34H50N2O7S2/c1-6-10-18-34(19-11-7-2)24-36(27-15-13-26(14-16-27)35-33(38)43-20-12-8-3)28-22-30(44-5)29(23-31(28)45(39,40)25-34)42-21-17-32(37)41-9-4/h13-17,21-23,39-40H,6-12,18-20,24-25H2,1-5H3,(H,35,38)/b21-17+. The Bertz CT molecular complexity index is 1280. The van der Waals surface area contributed by atoms with Crippen LogP contribution in [0.4, 0.5) is 21.9 Å². The molecule has 3 N–H and O–H groups in total. The van der Waals surface area contributed by atoms with Crippen molar-refractivity contribution < 1.29 is 32.9 Å². The highest BCUT2D eigenvalue weighted by molar-refractivity contribution is 8.24. The van der Waals surface area contributed by atoms with Gasteiger partial charge in [0.1, 0.15) is 5.75 Å². The zero-order valence-corrected chi connectivity index (χ0v) is 28.9. The first-order valence-corrected chi connectivity index (χ1v) is 18.8. The predicted octanol–water partition coefficient (Wildman–Crippen LogP) is 9.84. The monoisotopic (exact) mass is 662 g/mol. The van der Waals surface area contributed by atoms with Crippen LogP contribution in [-0.2, 0) is 14.3 Å². The van der Waals surface area contributed by atoms with Crippen molar-refractivity contribution >= 4 is 51.5 Å². The second-order valence-electron chi connectivity index (χ2n) is 11.4. The number of anilines is 3. The number of nitrogens with zero attached hydrogens (tertiary/aromatic N) is 1. The van der Waals surface area contributed by atoms with Gasteiger partial charge in [-0.25, -0.2) is 9.59 Å². The molecule has 1 aliphatic rings. The molecule has 1 amide bonds. The molecule has 0 bridgehead atoms. The average Bonchev–Trinajstić information content (AvgIpc) is 3.11. The molecule has 11 heteroatoms. The van der Waals surface area contributed by atoms with Crippen LogP contribution in [0.3, 0.4) is 0 Å². The van der Waals surface area contributed by atoms with E-state index in [1.165, 1.54) is 24.1 Å². The first-order chi connectivity index (χ1) is 21.6. The number of carbonyl (C=O) groups excluding carboxylic acids is 2. The molecule has 3 rings (SSSR count). The van der Waals surface area contributed by atoms with Gasteiger partial charge in [-0.15, -0.1) is 11.8 Å². The molecule has 1 aliphatic heterocycles. The summed E-state index contributed by atoms with van der Waals surface area (Å²) in [7, 11) is -3.24. The van der Waals surface area contributed by atoms with Gasteiger partial charge in [0.05, 0.1) is 41.0 Å². The summed E-state index contributed by atoms with van der Waals surface area (Å²) in [5, 5.41) is 2.79. The quantitative estimate of drug-likeness (QED) is 0.0531. The number of thioether (sulfide) groups is 1. The van der Waals surface area contributed by atoms with E-state index in [1.807, 2.05) is 43.5 Å². The number of fused-ring (bicyclic) bond motifs is 1. The fourth-order valence-electron chi connectivity index (χ4n) is 5.53. The maximum atomic E-state index is 12.2. The molecule has 2 aromatic carbocycles. The van der Waals surface area contributed by atoms with Crippen LogP contribution >= 0.6 is 22.4 Å². The third kappa shape index (κ3) is 10.3. The Hall–Kier alpha value is -2.86. The van der Waals surface area contributed by atoms with E-state index in [0.717, 1.165) is 61.9 Å². The molecule has 45 heavy (non-hydrogen) atoms. The number of amides is 1. The Labute approximate surface area is 274 Å². The van der Waals surface area contributed by atoms with Crippen molar-refractivity contribution in [2.24, 2.45) is 5.41 Å².